The van der Waals surface area contributed by atoms with E-state index in [2.05, 4.69) is 4.74 Å². The second-order valence-electron chi connectivity index (χ2n) is 4.60. The highest BCUT2D eigenvalue weighted by Crippen LogP contribution is 2.31. The molecule has 0 aromatic heterocycles. The zero-order chi connectivity index (χ0) is 12.8. The number of Topliss-reactive ketones (excluding diaryl/α,β-unsaturated/α-hetero) is 2. The van der Waals surface area contributed by atoms with Crippen LogP contribution < -0.4 is 0 Å². The third-order valence-electron chi connectivity index (χ3n) is 3.30. The molecule has 4 heteroatoms. The van der Waals surface area contributed by atoms with Gasteiger partial charge in [-0.05, 0) is 19.3 Å². The number of ketones is 2. The van der Waals surface area contributed by atoms with Crippen LogP contribution in [0.1, 0.15) is 45.4 Å². The van der Waals surface area contributed by atoms with Gasteiger partial charge >= 0.3 is 5.97 Å². The van der Waals surface area contributed by atoms with Crippen molar-refractivity contribution in [3.63, 3.8) is 0 Å². The Morgan fingerprint density at radius 3 is 2.35 bits per heavy atom. The summed E-state index contributed by atoms with van der Waals surface area (Å²) in [6.45, 7) is 1.90. The second kappa shape index (κ2) is 6.52. The number of hydrogen-bond acceptors (Lipinski definition) is 4. The predicted molar refractivity (Wildman–Crippen MR) is 62.4 cm³/mol. The quantitative estimate of drug-likeness (QED) is 0.503. The van der Waals surface area contributed by atoms with E-state index in [1.807, 2.05) is 6.92 Å². The first-order valence-corrected chi connectivity index (χ1v) is 6.23. The third-order valence-corrected chi connectivity index (χ3v) is 3.30. The molecule has 1 unspecified atom stereocenters. The van der Waals surface area contributed by atoms with Gasteiger partial charge in [0.2, 0.25) is 0 Å². The van der Waals surface area contributed by atoms with Crippen LogP contribution in [0.5, 0.6) is 0 Å². The molecule has 1 rings (SSSR count). The zero-order valence-corrected chi connectivity index (χ0v) is 10.5. The highest BCUT2D eigenvalue weighted by atomic mass is 16.5. The van der Waals surface area contributed by atoms with E-state index in [0.717, 1.165) is 25.7 Å². The Kier molecular flexibility index (Phi) is 5.32. The lowest BCUT2D eigenvalue weighted by atomic mass is 9.76. The van der Waals surface area contributed by atoms with Crippen LogP contribution in [-0.4, -0.2) is 24.6 Å². The Bertz CT molecular complexity index is 305. The normalized spacial score (nSPS) is 17.1. The van der Waals surface area contributed by atoms with Gasteiger partial charge in [-0.15, -0.1) is 0 Å². The van der Waals surface area contributed by atoms with E-state index in [9.17, 15) is 14.4 Å². The van der Waals surface area contributed by atoms with Gasteiger partial charge in [0, 0.05) is 18.8 Å². The molecule has 0 radical (unpaired) electrons. The first-order chi connectivity index (χ1) is 8.10. The number of esters is 1. The number of hydrogen-bond donors (Lipinski definition) is 0. The van der Waals surface area contributed by atoms with Gasteiger partial charge < -0.3 is 4.74 Å². The molecule has 0 bridgehead atoms. The standard InChI is InChI=1S/C13H20O4/c1-3-5-10(14)8-11(13(16)17-2)12(15)9-6-4-7-9/h9,11H,3-8H2,1-2H3. The van der Waals surface area contributed by atoms with Gasteiger partial charge in [0.1, 0.15) is 11.7 Å². The van der Waals surface area contributed by atoms with E-state index >= 15 is 0 Å². The highest BCUT2D eigenvalue weighted by molar-refractivity contribution is 6.03. The molecule has 1 atom stereocenters. The topological polar surface area (TPSA) is 60.4 Å². The second-order valence-corrected chi connectivity index (χ2v) is 4.60. The predicted octanol–water partition coefficient (Wildman–Crippen LogP) is 1.90. The fourth-order valence-electron chi connectivity index (χ4n) is 2.03. The van der Waals surface area contributed by atoms with Crippen molar-refractivity contribution in [2.24, 2.45) is 11.8 Å². The molecular weight excluding hydrogens is 220 g/mol. The van der Waals surface area contributed by atoms with E-state index in [-0.39, 0.29) is 23.9 Å². The third kappa shape index (κ3) is 3.65. The van der Waals surface area contributed by atoms with Crippen molar-refractivity contribution in [2.45, 2.75) is 45.4 Å². The summed E-state index contributed by atoms with van der Waals surface area (Å²) in [7, 11) is 1.26. The molecule has 1 fully saturated rings. The Morgan fingerprint density at radius 1 is 1.29 bits per heavy atom. The van der Waals surface area contributed by atoms with Crippen LogP contribution in [0.2, 0.25) is 0 Å². The monoisotopic (exact) mass is 240 g/mol. The average molecular weight is 240 g/mol. The van der Waals surface area contributed by atoms with Gasteiger partial charge in [0.15, 0.2) is 5.78 Å². The van der Waals surface area contributed by atoms with Gasteiger partial charge in [-0.2, -0.15) is 0 Å². The van der Waals surface area contributed by atoms with E-state index in [1.54, 1.807) is 0 Å². The van der Waals surface area contributed by atoms with Crippen LogP contribution in [0, 0.1) is 11.8 Å². The number of carbonyl (C=O) groups is 3. The van der Waals surface area contributed by atoms with E-state index in [0.29, 0.717) is 6.42 Å². The molecule has 0 aromatic rings. The first-order valence-electron chi connectivity index (χ1n) is 6.23. The largest absolute Gasteiger partial charge is 0.468 e. The minimum atomic E-state index is -0.871. The highest BCUT2D eigenvalue weighted by Gasteiger charge is 2.36. The Labute approximate surface area is 102 Å². The molecule has 1 aliphatic carbocycles. The molecule has 1 aliphatic rings. The summed E-state index contributed by atoms with van der Waals surface area (Å²) < 4.78 is 4.62. The van der Waals surface area contributed by atoms with Crippen molar-refractivity contribution in [3.05, 3.63) is 0 Å². The molecule has 0 amide bonds. The maximum Gasteiger partial charge on any atom is 0.316 e. The van der Waals surface area contributed by atoms with Crippen LogP contribution in [0.3, 0.4) is 0 Å². The van der Waals surface area contributed by atoms with Crippen molar-refractivity contribution in [3.8, 4) is 0 Å². The molecule has 17 heavy (non-hydrogen) atoms. The molecule has 0 saturated heterocycles. The lowest BCUT2D eigenvalue weighted by Crippen LogP contribution is -2.35. The molecule has 0 spiro atoms. The van der Waals surface area contributed by atoms with Gasteiger partial charge in [0.25, 0.3) is 0 Å². The molecule has 96 valence electrons. The Balaban J connectivity index is 2.62. The average Bonchev–Trinajstić information content (AvgIpc) is 2.22. The molecule has 0 heterocycles. The van der Waals surface area contributed by atoms with Crippen LogP contribution in [0.25, 0.3) is 0 Å². The van der Waals surface area contributed by atoms with Crippen molar-refractivity contribution in [1.29, 1.82) is 0 Å². The van der Waals surface area contributed by atoms with Crippen LogP contribution in [0.15, 0.2) is 0 Å². The van der Waals surface area contributed by atoms with Crippen LogP contribution >= 0.6 is 0 Å². The Hall–Kier alpha value is -1.19. The summed E-state index contributed by atoms with van der Waals surface area (Å²) in [6.07, 6.45) is 3.89. The van der Waals surface area contributed by atoms with Crippen molar-refractivity contribution in [2.75, 3.05) is 7.11 Å². The lowest BCUT2D eigenvalue weighted by Gasteiger charge is -2.26. The van der Waals surface area contributed by atoms with Gasteiger partial charge in [-0.25, -0.2) is 0 Å². The van der Waals surface area contributed by atoms with E-state index in [1.165, 1.54) is 7.11 Å². The summed E-state index contributed by atoms with van der Waals surface area (Å²) in [5.74, 6) is -1.60. The summed E-state index contributed by atoms with van der Waals surface area (Å²) in [5, 5.41) is 0. The summed E-state index contributed by atoms with van der Waals surface area (Å²) in [6, 6.07) is 0. The van der Waals surface area contributed by atoms with Gasteiger partial charge in [-0.1, -0.05) is 13.3 Å². The van der Waals surface area contributed by atoms with E-state index < -0.39 is 11.9 Å². The molecule has 0 aliphatic heterocycles. The molecule has 1 saturated carbocycles. The fourth-order valence-corrected chi connectivity index (χ4v) is 2.03. The van der Waals surface area contributed by atoms with Crippen molar-refractivity contribution < 1.29 is 19.1 Å². The molecule has 0 N–H and O–H groups in total. The maximum absolute atomic E-state index is 12.0. The van der Waals surface area contributed by atoms with Crippen LogP contribution in [-0.2, 0) is 19.1 Å². The minimum absolute atomic E-state index is 0.00977. The fraction of sp³-hybridized carbons (Fsp3) is 0.769. The Morgan fingerprint density at radius 2 is 1.94 bits per heavy atom. The number of methoxy groups -OCH3 is 1. The van der Waals surface area contributed by atoms with E-state index in [4.69, 9.17) is 0 Å². The van der Waals surface area contributed by atoms with Crippen molar-refractivity contribution in [1.82, 2.24) is 0 Å². The number of rotatable bonds is 7. The number of carbonyl (C=O) groups excluding carboxylic acids is 3. The molecule has 4 nitrogen and oxygen atoms in total. The van der Waals surface area contributed by atoms with Gasteiger partial charge in [-0.3, -0.25) is 14.4 Å². The van der Waals surface area contributed by atoms with Crippen LogP contribution in [0.4, 0.5) is 0 Å². The maximum atomic E-state index is 12.0. The number of ether oxygens (including phenoxy) is 1. The molecular formula is C13H20O4. The van der Waals surface area contributed by atoms with Gasteiger partial charge in [0.05, 0.1) is 7.11 Å². The smallest absolute Gasteiger partial charge is 0.316 e. The summed E-state index contributed by atoms with van der Waals surface area (Å²) >= 11 is 0. The zero-order valence-electron chi connectivity index (χ0n) is 10.5. The van der Waals surface area contributed by atoms with Crippen molar-refractivity contribution >= 4 is 17.5 Å². The summed E-state index contributed by atoms with van der Waals surface area (Å²) in [4.78, 5) is 35.1. The molecule has 0 aromatic carbocycles. The first kappa shape index (κ1) is 13.9. The lowest BCUT2D eigenvalue weighted by molar-refractivity contribution is -0.153. The SMILES string of the molecule is CCCC(=O)CC(C(=O)OC)C(=O)C1CCC1. The summed E-state index contributed by atoms with van der Waals surface area (Å²) in [5.41, 5.74) is 0. The minimum Gasteiger partial charge on any atom is -0.468 e.